The van der Waals surface area contributed by atoms with Crippen LogP contribution >= 0.6 is 0 Å². The van der Waals surface area contributed by atoms with Crippen LogP contribution in [-0.4, -0.2) is 62.7 Å². The van der Waals surface area contributed by atoms with Gasteiger partial charge in [0.1, 0.15) is 5.60 Å². The van der Waals surface area contributed by atoms with Gasteiger partial charge in [0.05, 0.1) is 18.4 Å². The molecule has 0 saturated carbocycles. The lowest BCUT2D eigenvalue weighted by Gasteiger charge is -2.39. The van der Waals surface area contributed by atoms with Gasteiger partial charge in [-0.05, 0) is 33.6 Å². The number of rotatable bonds is 3. The van der Waals surface area contributed by atoms with Crippen LogP contribution in [0.4, 0.5) is 18.0 Å². The molecule has 0 aliphatic carbocycles. The Balaban J connectivity index is 2.10. The second-order valence-corrected chi connectivity index (χ2v) is 7.33. The molecule has 0 radical (unpaired) electrons. The van der Waals surface area contributed by atoms with E-state index in [1.54, 1.807) is 20.8 Å². The Kier molecular flexibility index (Phi) is 6.27. The number of carbonyl (C=O) groups is 2. The van der Waals surface area contributed by atoms with Crippen molar-refractivity contribution in [3.05, 3.63) is 24.3 Å². The first-order valence-electron chi connectivity index (χ1n) is 8.58. The largest absolute Gasteiger partial charge is 0.471 e. The van der Waals surface area contributed by atoms with E-state index in [2.05, 4.69) is 9.97 Å². The lowest BCUT2D eigenvalue weighted by atomic mass is 10.0. The number of amides is 2. The summed E-state index contributed by atoms with van der Waals surface area (Å²) in [5, 5.41) is 0. The molecular weight excluding hydrogens is 365 g/mol. The highest BCUT2D eigenvalue weighted by Crippen LogP contribution is 2.25. The number of hydrogen-bond acceptors (Lipinski definition) is 5. The molecule has 0 spiro atoms. The average molecular weight is 388 g/mol. The predicted octanol–water partition coefficient (Wildman–Crippen LogP) is 2.77. The Labute approximate surface area is 155 Å². The van der Waals surface area contributed by atoms with E-state index in [0.29, 0.717) is 5.69 Å². The second kappa shape index (κ2) is 8.10. The maximum Gasteiger partial charge on any atom is 0.471 e. The summed E-state index contributed by atoms with van der Waals surface area (Å²) in [4.78, 5) is 34.3. The van der Waals surface area contributed by atoms with Crippen molar-refractivity contribution in [2.24, 2.45) is 0 Å². The van der Waals surface area contributed by atoms with Gasteiger partial charge in [0.2, 0.25) is 0 Å². The second-order valence-electron chi connectivity index (χ2n) is 7.33. The van der Waals surface area contributed by atoms with Crippen molar-refractivity contribution in [2.45, 2.75) is 58.0 Å². The average Bonchev–Trinajstić information content (AvgIpc) is 2.58. The van der Waals surface area contributed by atoms with Crippen LogP contribution in [0.5, 0.6) is 0 Å². The fourth-order valence-corrected chi connectivity index (χ4v) is 2.81. The van der Waals surface area contributed by atoms with Crippen LogP contribution in [0.15, 0.2) is 18.6 Å². The molecular formula is C17H23F3N4O3. The molecule has 1 aliphatic heterocycles. The highest BCUT2D eigenvalue weighted by molar-refractivity contribution is 5.82. The first kappa shape index (κ1) is 20.9. The van der Waals surface area contributed by atoms with E-state index in [4.69, 9.17) is 4.74 Å². The number of aromatic nitrogens is 2. The number of hydrogen-bond donors (Lipinski definition) is 0. The number of likely N-dealkylation sites (tertiary alicyclic amines) is 1. The van der Waals surface area contributed by atoms with Crippen molar-refractivity contribution in [3.8, 4) is 0 Å². The van der Waals surface area contributed by atoms with E-state index in [0.717, 1.165) is 4.90 Å². The van der Waals surface area contributed by atoms with Gasteiger partial charge < -0.3 is 9.64 Å². The number of halogens is 3. The highest BCUT2D eigenvalue weighted by Gasteiger charge is 2.44. The van der Waals surface area contributed by atoms with Gasteiger partial charge in [-0.3, -0.25) is 19.7 Å². The molecule has 2 rings (SSSR count). The minimum Gasteiger partial charge on any atom is -0.444 e. The molecule has 150 valence electrons. The summed E-state index contributed by atoms with van der Waals surface area (Å²) in [7, 11) is 0. The monoisotopic (exact) mass is 388 g/mol. The van der Waals surface area contributed by atoms with E-state index >= 15 is 0 Å². The summed E-state index contributed by atoms with van der Waals surface area (Å²) in [5.41, 5.74) is -0.179. The SMILES string of the molecule is CC(C)(C)OC(=O)N(Cc1cnccn1)C1CCN(C(=O)C(F)(F)F)CC1. The molecule has 2 amide bonds. The van der Waals surface area contributed by atoms with Gasteiger partial charge in [0.25, 0.3) is 0 Å². The van der Waals surface area contributed by atoms with E-state index in [1.165, 1.54) is 23.5 Å². The molecule has 2 heterocycles. The smallest absolute Gasteiger partial charge is 0.444 e. The van der Waals surface area contributed by atoms with Crippen LogP contribution in [0.1, 0.15) is 39.3 Å². The Morgan fingerprint density at radius 2 is 1.85 bits per heavy atom. The Hall–Kier alpha value is -2.39. The zero-order valence-electron chi connectivity index (χ0n) is 15.5. The van der Waals surface area contributed by atoms with E-state index in [1.807, 2.05) is 0 Å². The fraction of sp³-hybridized carbons (Fsp3) is 0.647. The van der Waals surface area contributed by atoms with Gasteiger partial charge in [-0.25, -0.2) is 4.79 Å². The first-order valence-corrected chi connectivity index (χ1v) is 8.58. The zero-order chi connectivity index (χ0) is 20.2. The van der Waals surface area contributed by atoms with Crippen LogP contribution in [-0.2, 0) is 16.1 Å². The Morgan fingerprint density at radius 3 is 2.33 bits per heavy atom. The number of alkyl halides is 3. The van der Waals surface area contributed by atoms with Gasteiger partial charge in [0.15, 0.2) is 0 Å². The predicted molar refractivity (Wildman–Crippen MR) is 89.5 cm³/mol. The summed E-state index contributed by atoms with van der Waals surface area (Å²) in [5.74, 6) is -1.85. The molecule has 1 fully saturated rings. The summed E-state index contributed by atoms with van der Waals surface area (Å²) in [6.45, 7) is 5.16. The van der Waals surface area contributed by atoms with Crippen LogP contribution in [0.2, 0.25) is 0 Å². The van der Waals surface area contributed by atoms with Crippen molar-refractivity contribution in [1.29, 1.82) is 0 Å². The van der Waals surface area contributed by atoms with E-state index < -0.39 is 23.8 Å². The normalized spacial score (nSPS) is 16.1. The molecule has 10 heteroatoms. The highest BCUT2D eigenvalue weighted by atomic mass is 19.4. The topological polar surface area (TPSA) is 75.6 Å². The zero-order valence-corrected chi connectivity index (χ0v) is 15.5. The molecule has 0 bridgehead atoms. The van der Waals surface area contributed by atoms with Gasteiger partial charge >= 0.3 is 18.2 Å². The third kappa shape index (κ3) is 6.07. The van der Waals surface area contributed by atoms with Gasteiger partial charge in [0, 0.05) is 31.5 Å². The molecule has 27 heavy (non-hydrogen) atoms. The van der Waals surface area contributed by atoms with E-state index in [-0.39, 0.29) is 38.5 Å². The van der Waals surface area contributed by atoms with Crippen LogP contribution < -0.4 is 0 Å². The molecule has 0 aromatic carbocycles. The maximum absolute atomic E-state index is 12.6. The van der Waals surface area contributed by atoms with Gasteiger partial charge in [-0.2, -0.15) is 13.2 Å². The lowest BCUT2D eigenvalue weighted by molar-refractivity contribution is -0.186. The molecule has 0 N–H and O–H groups in total. The summed E-state index contributed by atoms with van der Waals surface area (Å²) in [6, 6.07) is -0.362. The van der Waals surface area contributed by atoms with Crippen molar-refractivity contribution in [3.63, 3.8) is 0 Å². The molecule has 0 atom stereocenters. The molecule has 1 aromatic heterocycles. The minimum atomic E-state index is -4.89. The number of piperidine rings is 1. The summed E-state index contributed by atoms with van der Waals surface area (Å²) >= 11 is 0. The van der Waals surface area contributed by atoms with Gasteiger partial charge in [-0.15, -0.1) is 0 Å². The molecule has 1 aromatic rings. The minimum absolute atomic E-state index is 0.0806. The van der Waals surface area contributed by atoms with Crippen LogP contribution in [0, 0.1) is 0 Å². The fourth-order valence-electron chi connectivity index (χ4n) is 2.81. The summed E-state index contributed by atoms with van der Waals surface area (Å²) < 4.78 is 43.2. The summed E-state index contributed by atoms with van der Waals surface area (Å²) in [6.07, 6.45) is -0.510. The van der Waals surface area contributed by atoms with Crippen molar-refractivity contribution < 1.29 is 27.5 Å². The number of ether oxygens (including phenoxy) is 1. The van der Waals surface area contributed by atoms with Crippen molar-refractivity contribution in [1.82, 2.24) is 19.8 Å². The Morgan fingerprint density at radius 1 is 1.22 bits per heavy atom. The van der Waals surface area contributed by atoms with Crippen molar-refractivity contribution in [2.75, 3.05) is 13.1 Å². The maximum atomic E-state index is 12.6. The molecule has 1 aliphatic rings. The van der Waals surface area contributed by atoms with Crippen LogP contribution in [0.3, 0.4) is 0 Å². The third-order valence-corrected chi connectivity index (χ3v) is 4.01. The molecule has 1 saturated heterocycles. The quantitative estimate of drug-likeness (QED) is 0.796. The Bertz CT molecular complexity index is 654. The standard InChI is InChI=1S/C17H23F3N4O3/c1-16(2,3)27-15(26)24(11-12-10-21-6-7-22-12)13-4-8-23(9-5-13)14(25)17(18,19)20/h6-7,10,13H,4-5,8-9,11H2,1-3H3. The lowest BCUT2D eigenvalue weighted by Crippen LogP contribution is -2.51. The van der Waals surface area contributed by atoms with Crippen molar-refractivity contribution >= 4 is 12.0 Å². The third-order valence-electron chi connectivity index (χ3n) is 4.01. The van der Waals surface area contributed by atoms with Gasteiger partial charge in [-0.1, -0.05) is 0 Å². The molecule has 7 nitrogen and oxygen atoms in total. The van der Waals surface area contributed by atoms with E-state index in [9.17, 15) is 22.8 Å². The van der Waals surface area contributed by atoms with Crippen LogP contribution in [0.25, 0.3) is 0 Å². The number of carbonyl (C=O) groups excluding carboxylic acids is 2. The first-order chi connectivity index (χ1) is 12.5. The molecule has 0 unspecified atom stereocenters. The number of nitrogens with zero attached hydrogens (tertiary/aromatic N) is 4.